The maximum absolute atomic E-state index is 15.0. The number of hydrogen-bond acceptors (Lipinski definition) is 11. The van der Waals surface area contributed by atoms with Crippen LogP contribution in [0.25, 0.3) is 22.2 Å². The third-order valence-corrected chi connectivity index (χ3v) is 12.5. The minimum atomic E-state index is -4.29. The van der Waals surface area contributed by atoms with Crippen molar-refractivity contribution in [2.24, 2.45) is 5.92 Å². The standard InChI is InChI=1S/C44H50N6O9S/c1-6-29-26-44(29,39(52)49-60(55,56)32-15-11-8-12-16-32)47-38(51)36-24-31(27-50(36)40(53)43(19-21-45-22-20-43)48-41(54)59-42(2,3)4)58-37-25-34(28-13-9-7-10-14-28)46-35-23-30(57-5)17-18-33(35)37/h6-18,23,25,29,31,36,45H,1,19-22,24,26-27H2,2-5H3,(H,47,51)(H,48,54)(H,49,52)/t29-,31?,36+,44-/m1/s1. The van der Waals surface area contributed by atoms with Crippen LogP contribution >= 0.6 is 0 Å². The molecule has 0 spiro atoms. The summed E-state index contributed by atoms with van der Waals surface area (Å²) in [5.74, 6) is -1.68. The first-order valence-corrected chi connectivity index (χ1v) is 21.4. The summed E-state index contributed by atoms with van der Waals surface area (Å²) in [4.78, 5) is 63.0. The van der Waals surface area contributed by atoms with Gasteiger partial charge in [-0.2, -0.15) is 0 Å². The molecular formula is C44H50N6O9S. The maximum atomic E-state index is 15.0. The number of hydrogen-bond donors (Lipinski definition) is 4. The second-order valence-corrected chi connectivity index (χ2v) is 18.1. The van der Waals surface area contributed by atoms with Crippen LogP contribution in [0.4, 0.5) is 4.79 Å². The van der Waals surface area contributed by atoms with Crippen LogP contribution in [0.5, 0.6) is 11.5 Å². The van der Waals surface area contributed by atoms with E-state index >= 15 is 4.79 Å². The summed E-state index contributed by atoms with van der Waals surface area (Å²) >= 11 is 0. The zero-order valence-electron chi connectivity index (χ0n) is 34.0. The number of aromatic nitrogens is 1. The van der Waals surface area contributed by atoms with E-state index in [2.05, 4.69) is 27.3 Å². The third-order valence-electron chi connectivity index (χ3n) is 11.1. The Morgan fingerprint density at radius 1 is 0.950 bits per heavy atom. The summed E-state index contributed by atoms with van der Waals surface area (Å²) < 4.78 is 46.4. The van der Waals surface area contributed by atoms with Crippen molar-refractivity contribution in [3.63, 3.8) is 0 Å². The van der Waals surface area contributed by atoms with Crippen molar-refractivity contribution >= 4 is 44.7 Å². The molecule has 7 rings (SSSR count). The fraction of sp³-hybridized carbons (Fsp3) is 0.386. The number of carbonyl (C=O) groups excluding carboxylic acids is 4. The monoisotopic (exact) mass is 838 g/mol. The van der Waals surface area contributed by atoms with Crippen molar-refractivity contribution in [3.8, 4) is 22.8 Å². The summed E-state index contributed by atoms with van der Waals surface area (Å²) in [5.41, 5.74) is -1.87. The van der Waals surface area contributed by atoms with E-state index in [9.17, 15) is 22.8 Å². The fourth-order valence-electron chi connectivity index (χ4n) is 7.92. The Kier molecular flexibility index (Phi) is 11.6. The molecule has 4 aromatic rings. The minimum Gasteiger partial charge on any atom is -0.497 e. The molecule has 16 heteroatoms. The van der Waals surface area contributed by atoms with E-state index in [1.54, 1.807) is 46.1 Å². The first kappa shape index (κ1) is 42.1. The van der Waals surface area contributed by atoms with Gasteiger partial charge in [-0.05, 0) is 77.4 Å². The molecule has 2 aliphatic heterocycles. The number of benzene rings is 3. The van der Waals surface area contributed by atoms with Gasteiger partial charge in [0.15, 0.2) is 0 Å². The van der Waals surface area contributed by atoms with Gasteiger partial charge < -0.3 is 35.1 Å². The van der Waals surface area contributed by atoms with Gasteiger partial charge in [0.25, 0.3) is 15.9 Å². The number of fused-ring (bicyclic) bond motifs is 1. The molecule has 0 bridgehead atoms. The number of carbonyl (C=O) groups is 4. The Bertz CT molecular complexity index is 2400. The van der Waals surface area contributed by atoms with Crippen molar-refractivity contribution < 1.29 is 41.8 Å². The molecule has 0 radical (unpaired) electrons. The van der Waals surface area contributed by atoms with E-state index in [0.717, 1.165) is 5.56 Å². The summed E-state index contributed by atoms with van der Waals surface area (Å²) in [5, 5.41) is 9.59. The van der Waals surface area contributed by atoms with Gasteiger partial charge >= 0.3 is 6.09 Å². The lowest BCUT2D eigenvalue weighted by Crippen LogP contribution is -2.66. The molecule has 1 aliphatic carbocycles. The Morgan fingerprint density at radius 3 is 2.27 bits per heavy atom. The molecule has 4 amide bonds. The number of nitrogens with one attached hydrogen (secondary N) is 4. The average molecular weight is 839 g/mol. The van der Waals surface area contributed by atoms with E-state index in [-0.39, 0.29) is 37.1 Å². The quantitative estimate of drug-likeness (QED) is 0.147. The molecule has 1 aromatic heterocycles. The van der Waals surface area contributed by atoms with Crippen LogP contribution in [0, 0.1) is 5.92 Å². The van der Waals surface area contributed by atoms with Crippen molar-refractivity contribution in [2.45, 2.75) is 80.2 Å². The lowest BCUT2D eigenvalue weighted by Gasteiger charge is -2.41. The van der Waals surface area contributed by atoms with Gasteiger partial charge in [-0.25, -0.2) is 22.9 Å². The van der Waals surface area contributed by atoms with Crippen LogP contribution in [0.2, 0.25) is 0 Å². The van der Waals surface area contributed by atoms with Gasteiger partial charge in [-0.1, -0.05) is 54.6 Å². The Balaban J connectivity index is 1.23. The summed E-state index contributed by atoms with van der Waals surface area (Å²) in [6, 6.07) is 23.0. The molecule has 3 heterocycles. The zero-order chi connectivity index (χ0) is 42.9. The Labute approximate surface area is 349 Å². The van der Waals surface area contributed by atoms with Crippen LogP contribution < -0.4 is 30.1 Å². The smallest absolute Gasteiger partial charge is 0.408 e. The van der Waals surface area contributed by atoms with E-state index in [4.69, 9.17) is 19.2 Å². The van der Waals surface area contributed by atoms with Gasteiger partial charge in [0, 0.05) is 35.4 Å². The van der Waals surface area contributed by atoms with Gasteiger partial charge in [-0.15, -0.1) is 6.58 Å². The predicted octanol–water partition coefficient (Wildman–Crippen LogP) is 4.47. The number of sulfonamides is 1. The number of nitrogens with zero attached hydrogens (tertiary/aromatic N) is 2. The van der Waals surface area contributed by atoms with Crippen molar-refractivity contribution in [1.82, 2.24) is 30.6 Å². The van der Waals surface area contributed by atoms with E-state index < -0.39 is 68.6 Å². The third kappa shape index (κ3) is 8.80. The average Bonchev–Trinajstić information content (AvgIpc) is 3.79. The van der Waals surface area contributed by atoms with Crippen LogP contribution in [-0.4, -0.2) is 97.7 Å². The van der Waals surface area contributed by atoms with Gasteiger partial charge in [0.05, 0.1) is 29.8 Å². The Morgan fingerprint density at radius 2 is 1.63 bits per heavy atom. The molecular weight excluding hydrogens is 789 g/mol. The first-order chi connectivity index (χ1) is 28.6. The second kappa shape index (κ2) is 16.6. The maximum Gasteiger partial charge on any atom is 0.408 e. The van der Waals surface area contributed by atoms with Crippen LogP contribution in [0.3, 0.4) is 0 Å². The number of ether oxygens (including phenoxy) is 3. The number of rotatable bonds is 12. The summed E-state index contributed by atoms with van der Waals surface area (Å²) in [6.07, 6.45) is 0.462. The predicted molar refractivity (Wildman–Crippen MR) is 223 cm³/mol. The summed E-state index contributed by atoms with van der Waals surface area (Å²) in [6.45, 7) is 9.73. The van der Waals surface area contributed by atoms with Gasteiger partial charge in [0.1, 0.15) is 40.3 Å². The van der Waals surface area contributed by atoms with Gasteiger partial charge in [0.2, 0.25) is 11.8 Å². The molecule has 316 valence electrons. The van der Waals surface area contributed by atoms with Crippen LogP contribution in [0.15, 0.2) is 102 Å². The highest BCUT2D eigenvalue weighted by molar-refractivity contribution is 7.90. The number of amides is 4. The second-order valence-electron chi connectivity index (χ2n) is 16.4. The molecule has 60 heavy (non-hydrogen) atoms. The SMILES string of the molecule is C=C[C@@H]1C[C@]1(NC(=O)[C@@H]1CC(Oc2cc(-c3ccccc3)nc3cc(OC)ccc23)CN1C(=O)C1(NC(=O)OC(C)(C)C)CCNCC1)C(=O)NS(=O)(=O)c1ccccc1. The molecule has 4 atom stereocenters. The Hall–Kier alpha value is -6.00. The van der Waals surface area contributed by atoms with E-state index in [1.807, 2.05) is 42.5 Å². The lowest BCUT2D eigenvalue weighted by molar-refractivity contribution is -0.145. The molecule has 3 aromatic carbocycles. The highest BCUT2D eigenvalue weighted by Crippen LogP contribution is 2.45. The van der Waals surface area contributed by atoms with Gasteiger partial charge in [-0.3, -0.25) is 14.4 Å². The minimum absolute atomic E-state index is 0.00223. The number of pyridine rings is 1. The zero-order valence-corrected chi connectivity index (χ0v) is 34.8. The van der Waals surface area contributed by atoms with E-state index in [0.29, 0.717) is 41.2 Å². The highest BCUT2D eigenvalue weighted by Gasteiger charge is 2.62. The molecule has 4 N–H and O–H groups in total. The topological polar surface area (TPSA) is 194 Å². The molecule has 15 nitrogen and oxygen atoms in total. The molecule has 3 fully saturated rings. The molecule has 2 saturated heterocycles. The largest absolute Gasteiger partial charge is 0.497 e. The normalized spacial score (nSPS) is 22.3. The fourth-order valence-corrected chi connectivity index (χ4v) is 8.98. The van der Waals surface area contributed by atoms with Crippen molar-refractivity contribution in [2.75, 3.05) is 26.7 Å². The van der Waals surface area contributed by atoms with Crippen LogP contribution in [-0.2, 0) is 29.1 Å². The molecule has 1 unspecified atom stereocenters. The lowest BCUT2D eigenvalue weighted by atomic mass is 9.86. The number of alkyl carbamates (subject to hydrolysis) is 1. The molecule has 3 aliphatic rings. The molecule has 1 saturated carbocycles. The van der Waals surface area contributed by atoms with Crippen molar-refractivity contribution in [3.05, 3.63) is 97.6 Å². The van der Waals surface area contributed by atoms with Crippen LogP contribution in [0.1, 0.15) is 46.5 Å². The number of methoxy groups -OCH3 is 1. The number of likely N-dealkylation sites (tertiary alicyclic amines) is 1. The van der Waals surface area contributed by atoms with Crippen molar-refractivity contribution in [1.29, 1.82) is 0 Å². The van der Waals surface area contributed by atoms with E-state index in [1.165, 1.54) is 35.2 Å². The summed E-state index contributed by atoms with van der Waals surface area (Å²) in [7, 11) is -2.72. The highest BCUT2D eigenvalue weighted by atomic mass is 32.2. The number of piperidine rings is 1. The first-order valence-electron chi connectivity index (χ1n) is 19.9.